The van der Waals surface area contributed by atoms with E-state index in [0.29, 0.717) is 29.7 Å². The summed E-state index contributed by atoms with van der Waals surface area (Å²) in [6.07, 6.45) is 0.816. The van der Waals surface area contributed by atoms with Gasteiger partial charge in [-0.1, -0.05) is 0 Å². The van der Waals surface area contributed by atoms with Gasteiger partial charge in [0.1, 0.15) is 11.6 Å². The van der Waals surface area contributed by atoms with E-state index >= 15 is 0 Å². The van der Waals surface area contributed by atoms with Crippen molar-refractivity contribution in [1.82, 2.24) is 4.90 Å². The summed E-state index contributed by atoms with van der Waals surface area (Å²) in [6, 6.07) is 9.92. The van der Waals surface area contributed by atoms with Gasteiger partial charge in [0.05, 0.1) is 10.0 Å². The SMILES string of the molecule is Cc1cc(Br)c(O)c(C(=O)N2CCCN(c3ccc(F)cc3)CC2)c1. The number of amides is 1. The fourth-order valence-electron chi connectivity index (χ4n) is 3.10. The van der Waals surface area contributed by atoms with Crippen molar-refractivity contribution in [2.24, 2.45) is 0 Å². The van der Waals surface area contributed by atoms with E-state index in [4.69, 9.17) is 0 Å². The van der Waals surface area contributed by atoms with Crippen molar-refractivity contribution in [3.05, 3.63) is 57.8 Å². The number of rotatable bonds is 2. The Morgan fingerprint density at radius 1 is 1.12 bits per heavy atom. The third-order valence-corrected chi connectivity index (χ3v) is 5.02. The second-order valence-corrected chi connectivity index (χ2v) is 7.11. The number of benzene rings is 2. The molecule has 132 valence electrons. The first-order valence-electron chi connectivity index (χ1n) is 8.24. The third kappa shape index (κ3) is 3.95. The van der Waals surface area contributed by atoms with Gasteiger partial charge in [0.2, 0.25) is 0 Å². The van der Waals surface area contributed by atoms with Crippen LogP contribution in [0.4, 0.5) is 10.1 Å². The molecule has 6 heteroatoms. The quantitative estimate of drug-likeness (QED) is 0.820. The van der Waals surface area contributed by atoms with E-state index in [2.05, 4.69) is 20.8 Å². The Kier molecular flexibility index (Phi) is 5.27. The highest BCUT2D eigenvalue weighted by Crippen LogP contribution is 2.30. The minimum absolute atomic E-state index is 0.0183. The zero-order valence-corrected chi connectivity index (χ0v) is 15.6. The summed E-state index contributed by atoms with van der Waals surface area (Å²) >= 11 is 3.29. The Bertz CT molecular complexity index is 780. The summed E-state index contributed by atoms with van der Waals surface area (Å²) in [6.45, 7) is 4.55. The Balaban J connectivity index is 1.75. The molecule has 0 bridgehead atoms. The number of hydrogen-bond donors (Lipinski definition) is 1. The first-order valence-corrected chi connectivity index (χ1v) is 9.04. The summed E-state index contributed by atoms with van der Waals surface area (Å²) in [4.78, 5) is 16.8. The molecule has 0 aromatic heterocycles. The predicted molar refractivity (Wildman–Crippen MR) is 99.7 cm³/mol. The van der Waals surface area contributed by atoms with Crippen LogP contribution in [0.5, 0.6) is 5.75 Å². The minimum atomic E-state index is -0.254. The van der Waals surface area contributed by atoms with Gasteiger partial charge in [-0.25, -0.2) is 4.39 Å². The van der Waals surface area contributed by atoms with E-state index in [1.54, 1.807) is 29.2 Å². The van der Waals surface area contributed by atoms with Crippen LogP contribution in [-0.4, -0.2) is 42.1 Å². The maximum Gasteiger partial charge on any atom is 0.257 e. The molecule has 0 unspecified atom stereocenters. The fraction of sp³-hybridized carbons (Fsp3) is 0.316. The van der Waals surface area contributed by atoms with Gasteiger partial charge in [0.25, 0.3) is 5.91 Å². The number of phenolic OH excluding ortho intramolecular Hbond substituents is 1. The highest BCUT2D eigenvalue weighted by atomic mass is 79.9. The van der Waals surface area contributed by atoms with Gasteiger partial charge in [0.15, 0.2) is 0 Å². The van der Waals surface area contributed by atoms with Crippen LogP contribution >= 0.6 is 15.9 Å². The maximum absolute atomic E-state index is 13.1. The lowest BCUT2D eigenvalue weighted by atomic mass is 10.1. The molecule has 0 atom stereocenters. The normalized spacial score (nSPS) is 15.2. The Hall–Kier alpha value is -2.08. The average Bonchev–Trinajstić information content (AvgIpc) is 2.84. The number of hydrogen-bond acceptors (Lipinski definition) is 3. The van der Waals surface area contributed by atoms with E-state index in [9.17, 15) is 14.3 Å². The molecule has 1 aliphatic heterocycles. The number of aromatic hydroxyl groups is 1. The average molecular weight is 407 g/mol. The first-order chi connectivity index (χ1) is 12.0. The summed E-state index contributed by atoms with van der Waals surface area (Å²) in [5.74, 6) is -0.436. The Morgan fingerprint density at radius 2 is 1.84 bits per heavy atom. The fourth-order valence-corrected chi connectivity index (χ4v) is 3.67. The van der Waals surface area contributed by atoms with Crippen molar-refractivity contribution in [3.8, 4) is 5.75 Å². The lowest BCUT2D eigenvalue weighted by Crippen LogP contribution is -2.35. The molecule has 1 aliphatic rings. The van der Waals surface area contributed by atoms with Crippen LogP contribution in [0.2, 0.25) is 0 Å². The van der Waals surface area contributed by atoms with Gasteiger partial charge < -0.3 is 14.9 Å². The molecule has 0 aliphatic carbocycles. The van der Waals surface area contributed by atoms with Crippen LogP contribution in [0, 0.1) is 12.7 Å². The van der Waals surface area contributed by atoms with E-state index in [-0.39, 0.29) is 17.5 Å². The zero-order valence-electron chi connectivity index (χ0n) is 14.0. The number of nitrogens with zero attached hydrogens (tertiary/aromatic N) is 2. The van der Waals surface area contributed by atoms with E-state index in [1.165, 1.54) is 12.1 Å². The smallest absolute Gasteiger partial charge is 0.257 e. The molecule has 2 aromatic rings. The molecule has 0 radical (unpaired) electrons. The molecule has 2 aromatic carbocycles. The number of carbonyl (C=O) groups is 1. The van der Waals surface area contributed by atoms with Crippen molar-refractivity contribution >= 4 is 27.5 Å². The van der Waals surface area contributed by atoms with Crippen molar-refractivity contribution < 1.29 is 14.3 Å². The van der Waals surface area contributed by atoms with Crippen LogP contribution in [0.3, 0.4) is 0 Å². The molecule has 1 N–H and O–H groups in total. The Labute approximate surface area is 155 Å². The van der Waals surface area contributed by atoms with E-state index in [0.717, 1.165) is 24.2 Å². The predicted octanol–water partition coefficient (Wildman–Crippen LogP) is 3.95. The molecule has 0 saturated carbocycles. The molecule has 1 saturated heterocycles. The van der Waals surface area contributed by atoms with Crippen LogP contribution in [0.25, 0.3) is 0 Å². The van der Waals surface area contributed by atoms with Gasteiger partial charge in [-0.15, -0.1) is 0 Å². The highest BCUT2D eigenvalue weighted by molar-refractivity contribution is 9.10. The second kappa shape index (κ2) is 7.44. The molecule has 4 nitrogen and oxygen atoms in total. The first kappa shape index (κ1) is 17.7. The second-order valence-electron chi connectivity index (χ2n) is 6.25. The number of halogens is 2. The standard InChI is InChI=1S/C19H20BrFN2O2/c1-13-11-16(18(24)17(20)12-13)19(25)23-8-2-7-22(9-10-23)15-5-3-14(21)4-6-15/h3-6,11-12,24H,2,7-10H2,1H3. The number of phenols is 1. The van der Waals surface area contributed by atoms with Crippen LogP contribution in [0.15, 0.2) is 40.9 Å². The van der Waals surface area contributed by atoms with Gasteiger partial charge in [-0.2, -0.15) is 0 Å². The zero-order chi connectivity index (χ0) is 18.0. The number of carbonyl (C=O) groups excluding carboxylic acids is 1. The molecule has 1 amide bonds. The summed E-state index contributed by atoms with van der Waals surface area (Å²) < 4.78 is 13.6. The van der Waals surface area contributed by atoms with Crippen LogP contribution in [-0.2, 0) is 0 Å². The molecule has 1 fully saturated rings. The Morgan fingerprint density at radius 3 is 2.56 bits per heavy atom. The van der Waals surface area contributed by atoms with E-state index < -0.39 is 0 Å². The van der Waals surface area contributed by atoms with E-state index in [1.807, 2.05) is 6.92 Å². The summed E-state index contributed by atoms with van der Waals surface area (Å²) in [7, 11) is 0. The molecule has 25 heavy (non-hydrogen) atoms. The molecule has 1 heterocycles. The molecular weight excluding hydrogens is 387 g/mol. The van der Waals surface area contributed by atoms with Crippen molar-refractivity contribution in [1.29, 1.82) is 0 Å². The molecule has 0 spiro atoms. The number of aryl methyl sites for hydroxylation is 1. The van der Waals surface area contributed by atoms with Gasteiger partial charge in [-0.05, 0) is 71.2 Å². The summed E-state index contributed by atoms with van der Waals surface area (Å²) in [5.41, 5.74) is 2.19. The lowest BCUT2D eigenvalue weighted by molar-refractivity contribution is 0.0763. The monoisotopic (exact) mass is 406 g/mol. The van der Waals surface area contributed by atoms with Gasteiger partial charge in [-0.3, -0.25) is 4.79 Å². The van der Waals surface area contributed by atoms with Gasteiger partial charge in [0, 0.05) is 31.9 Å². The lowest BCUT2D eigenvalue weighted by Gasteiger charge is -2.24. The third-order valence-electron chi connectivity index (χ3n) is 4.41. The van der Waals surface area contributed by atoms with Crippen molar-refractivity contribution in [2.75, 3.05) is 31.1 Å². The maximum atomic E-state index is 13.1. The van der Waals surface area contributed by atoms with Crippen molar-refractivity contribution in [2.45, 2.75) is 13.3 Å². The largest absolute Gasteiger partial charge is 0.506 e. The molecular formula is C19H20BrFN2O2. The summed E-state index contributed by atoms with van der Waals surface area (Å²) in [5, 5.41) is 10.2. The minimum Gasteiger partial charge on any atom is -0.506 e. The number of anilines is 1. The van der Waals surface area contributed by atoms with Gasteiger partial charge >= 0.3 is 0 Å². The topological polar surface area (TPSA) is 43.8 Å². The van der Waals surface area contributed by atoms with Crippen molar-refractivity contribution in [3.63, 3.8) is 0 Å². The van der Waals surface area contributed by atoms with Crippen LogP contribution in [0.1, 0.15) is 22.3 Å². The van der Waals surface area contributed by atoms with Crippen LogP contribution < -0.4 is 4.90 Å². The molecule has 3 rings (SSSR count). The highest BCUT2D eigenvalue weighted by Gasteiger charge is 2.23.